The van der Waals surface area contributed by atoms with Crippen LogP contribution in [-0.4, -0.2) is 34.1 Å². The molecule has 1 aromatic heterocycles. The van der Waals surface area contributed by atoms with Crippen LogP contribution in [0.4, 0.5) is 4.79 Å². The van der Waals surface area contributed by atoms with Gasteiger partial charge >= 0.3 is 6.03 Å². The molecule has 6 heteroatoms. The van der Waals surface area contributed by atoms with E-state index < -0.39 is 0 Å². The number of nitrogens with one attached hydrogen (secondary N) is 2. The average molecular weight is 197 g/mol. The Morgan fingerprint density at radius 1 is 1.43 bits per heavy atom. The molecule has 0 aromatic carbocycles. The van der Waals surface area contributed by atoms with Crippen LogP contribution in [0.2, 0.25) is 0 Å². The molecular weight excluding hydrogens is 182 g/mol. The van der Waals surface area contributed by atoms with Crippen LogP contribution in [-0.2, 0) is 6.54 Å². The summed E-state index contributed by atoms with van der Waals surface area (Å²) in [7, 11) is 0. The predicted molar refractivity (Wildman–Crippen MR) is 51.7 cm³/mol. The lowest BCUT2D eigenvalue weighted by atomic mass is 10.5. The zero-order valence-electron chi connectivity index (χ0n) is 8.23. The zero-order chi connectivity index (χ0) is 10.2. The van der Waals surface area contributed by atoms with E-state index in [9.17, 15) is 4.79 Å². The van der Waals surface area contributed by atoms with Gasteiger partial charge in [0.2, 0.25) is 0 Å². The molecule has 1 aromatic rings. The highest BCUT2D eigenvalue weighted by molar-refractivity contribution is 5.73. The second-order valence-corrected chi connectivity index (χ2v) is 2.85. The number of carbonyl (C=O) groups excluding carboxylic acids is 1. The van der Waals surface area contributed by atoms with E-state index in [2.05, 4.69) is 20.9 Å². The fraction of sp³-hybridized carbons (Fsp3) is 0.625. The number of urea groups is 1. The van der Waals surface area contributed by atoms with Crippen LogP contribution in [0.1, 0.15) is 13.3 Å². The number of hydrogen-bond donors (Lipinski definition) is 2. The van der Waals surface area contributed by atoms with Gasteiger partial charge in [-0.2, -0.15) is 0 Å². The van der Waals surface area contributed by atoms with Gasteiger partial charge in [-0.3, -0.25) is 4.68 Å². The van der Waals surface area contributed by atoms with Crippen molar-refractivity contribution < 1.29 is 4.79 Å². The maximum absolute atomic E-state index is 11.1. The van der Waals surface area contributed by atoms with Crippen LogP contribution in [0.25, 0.3) is 0 Å². The van der Waals surface area contributed by atoms with E-state index in [0.29, 0.717) is 19.6 Å². The van der Waals surface area contributed by atoms with Crippen molar-refractivity contribution in [3.8, 4) is 0 Å². The second-order valence-electron chi connectivity index (χ2n) is 2.85. The molecule has 2 amide bonds. The molecule has 0 bridgehead atoms. The van der Waals surface area contributed by atoms with Crippen LogP contribution < -0.4 is 10.6 Å². The number of rotatable bonds is 5. The Labute approximate surface area is 82.7 Å². The monoisotopic (exact) mass is 197 g/mol. The van der Waals surface area contributed by atoms with Crippen LogP contribution in [0, 0.1) is 0 Å². The first-order chi connectivity index (χ1) is 6.83. The van der Waals surface area contributed by atoms with Gasteiger partial charge < -0.3 is 10.6 Å². The van der Waals surface area contributed by atoms with Crippen molar-refractivity contribution in [1.82, 2.24) is 25.6 Å². The minimum Gasteiger partial charge on any atom is -0.338 e. The Kier molecular flexibility index (Phi) is 4.46. The van der Waals surface area contributed by atoms with Crippen molar-refractivity contribution in [1.29, 1.82) is 0 Å². The molecule has 0 spiro atoms. The second kappa shape index (κ2) is 5.95. The Hall–Kier alpha value is -1.59. The van der Waals surface area contributed by atoms with Gasteiger partial charge in [0.15, 0.2) is 0 Å². The van der Waals surface area contributed by atoms with E-state index in [4.69, 9.17) is 0 Å². The van der Waals surface area contributed by atoms with Crippen molar-refractivity contribution in [2.45, 2.75) is 19.9 Å². The molecule has 2 N–H and O–H groups in total. The van der Waals surface area contributed by atoms with E-state index in [0.717, 1.165) is 6.42 Å². The lowest BCUT2D eigenvalue weighted by molar-refractivity contribution is 0.240. The number of amides is 2. The van der Waals surface area contributed by atoms with Gasteiger partial charge in [0, 0.05) is 19.3 Å². The largest absolute Gasteiger partial charge is 0.338 e. The van der Waals surface area contributed by atoms with Crippen LogP contribution in [0.3, 0.4) is 0 Å². The molecule has 1 heterocycles. The fourth-order valence-electron chi connectivity index (χ4n) is 0.937. The molecule has 1 rings (SSSR count). The van der Waals surface area contributed by atoms with Crippen molar-refractivity contribution in [2.24, 2.45) is 0 Å². The van der Waals surface area contributed by atoms with Crippen molar-refractivity contribution in [3.63, 3.8) is 0 Å². The van der Waals surface area contributed by atoms with Crippen LogP contribution in [0.5, 0.6) is 0 Å². The molecule has 0 unspecified atom stereocenters. The van der Waals surface area contributed by atoms with Gasteiger partial charge in [0.1, 0.15) is 0 Å². The summed E-state index contributed by atoms with van der Waals surface area (Å²) in [6.45, 7) is 3.91. The van der Waals surface area contributed by atoms with E-state index >= 15 is 0 Å². The normalized spacial score (nSPS) is 9.79. The molecule has 6 nitrogen and oxygen atoms in total. The van der Waals surface area contributed by atoms with Gasteiger partial charge in [0.25, 0.3) is 0 Å². The van der Waals surface area contributed by atoms with Gasteiger partial charge in [-0.05, 0) is 6.42 Å². The molecule has 0 aliphatic heterocycles. The van der Waals surface area contributed by atoms with Gasteiger partial charge in [-0.15, -0.1) is 5.10 Å². The van der Waals surface area contributed by atoms with Crippen molar-refractivity contribution >= 4 is 6.03 Å². The number of aromatic nitrogens is 3. The summed E-state index contributed by atoms with van der Waals surface area (Å²) in [5.74, 6) is 0. The fourth-order valence-corrected chi connectivity index (χ4v) is 0.937. The van der Waals surface area contributed by atoms with E-state index in [1.807, 2.05) is 6.92 Å². The molecule has 0 saturated heterocycles. The predicted octanol–water partition coefficient (Wildman–Crippen LogP) is -0.0127. The summed E-state index contributed by atoms with van der Waals surface area (Å²) in [5.41, 5.74) is 0. The van der Waals surface area contributed by atoms with Crippen molar-refractivity contribution in [2.75, 3.05) is 13.1 Å². The van der Waals surface area contributed by atoms with Crippen molar-refractivity contribution in [3.05, 3.63) is 12.4 Å². The molecule has 0 atom stereocenters. The summed E-state index contributed by atoms with van der Waals surface area (Å²) in [6, 6.07) is -0.132. The van der Waals surface area contributed by atoms with Gasteiger partial charge in [0.05, 0.1) is 12.7 Å². The Balaban J connectivity index is 2.06. The molecule has 78 valence electrons. The minimum atomic E-state index is -0.132. The minimum absolute atomic E-state index is 0.132. The standard InChI is InChI=1S/C8H15N5O/c1-2-3-9-8(14)10-4-6-13-7-5-11-12-13/h5,7H,2-4,6H2,1H3,(H2,9,10,14). The topological polar surface area (TPSA) is 71.8 Å². The van der Waals surface area contributed by atoms with Gasteiger partial charge in [-0.25, -0.2) is 4.79 Å². The van der Waals surface area contributed by atoms with Crippen LogP contribution in [0.15, 0.2) is 12.4 Å². The quantitative estimate of drug-likeness (QED) is 0.697. The third-order valence-corrected chi connectivity index (χ3v) is 1.63. The summed E-state index contributed by atoms with van der Waals surface area (Å²) in [5, 5.41) is 12.9. The first-order valence-corrected chi connectivity index (χ1v) is 4.68. The molecule has 0 radical (unpaired) electrons. The maximum Gasteiger partial charge on any atom is 0.314 e. The molecule has 0 aliphatic carbocycles. The third kappa shape index (κ3) is 3.88. The first kappa shape index (κ1) is 10.5. The summed E-state index contributed by atoms with van der Waals surface area (Å²) >= 11 is 0. The van der Waals surface area contributed by atoms with Crippen LogP contribution >= 0.6 is 0 Å². The third-order valence-electron chi connectivity index (χ3n) is 1.63. The molecule has 14 heavy (non-hydrogen) atoms. The van der Waals surface area contributed by atoms with E-state index in [-0.39, 0.29) is 6.03 Å². The zero-order valence-corrected chi connectivity index (χ0v) is 8.23. The molecular formula is C8H15N5O. The maximum atomic E-state index is 11.1. The van der Waals surface area contributed by atoms with E-state index in [1.54, 1.807) is 17.1 Å². The number of hydrogen-bond acceptors (Lipinski definition) is 3. The summed E-state index contributed by atoms with van der Waals surface area (Å²) < 4.78 is 1.67. The average Bonchev–Trinajstić information content (AvgIpc) is 2.67. The summed E-state index contributed by atoms with van der Waals surface area (Å²) in [6.07, 6.45) is 4.30. The lowest BCUT2D eigenvalue weighted by Gasteiger charge is -2.05. The molecule has 0 fully saturated rings. The molecule has 0 aliphatic rings. The van der Waals surface area contributed by atoms with Gasteiger partial charge in [-0.1, -0.05) is 12.1 Å². The Bertz CT molecular complexity index is 259. The highest BCUT2D eigenvalue weighted by Crippen LogP contribution is 1.79. The Morgan fingerprint density at radius 2 is 2.21 bits per heavy atom. The van der Waals surface area contributed by atoms with E-state index in [1.165, 1.54) is 0 Å². The SMILES string of the molecule is CCCNC(=O)NCCn1ccnn1. The highest BCUT2D eigenvalue weighted by atomic mass is 16.2. The smallest absolute Gasteiger partial charge is 0.314 e. The highest BCUT2D eigenvalue weighted by Gasteiger charge is 1.97. The lowest BCUT2D eigenvalue weighted by Crippen LogP contribution is -2.37. The summed E-state index contributed by atoms with van der Waals surface area (Å²) in [4.78, 5) is 11.1. The Morgan fingerprint density at radius 3 is 2.86 bits per heavy atom. The molecule has 0 saturated carbocycles. The number of nitrogens with zero attached hydrogens (tertiary/aromatic N) is 3. The number of carbonyl (C=O) groups is 1. The first-order valence-electron chi connectivity index (χ1n) is 4.68.